The molecule has 0 unspecified atom stereocenters. The standard InChI is InChI=1S/C18H18N2OS2/c1-12-8-13(2)10-14(9-12)17(21)19-6-5-15-11-23-18(20-15)16-4-3-7-22-16/h3-4,7-11H,5-6H2,1-2H3,(H,19,21). The number of hydrogen-bond donors (Lipinski definition) is 1. The van der Waals surface area contributed by atoms with Gasteiger partial charge in [0.25, 0.3) is 5.91 Å². The molecule has 23 heavy (non-hydrogen) atoms. The second-order valence-corrected chi connectivity index (χ2v) is 7.31. The first-order valence-electron chi connectivity index (χ1n) is 7.46. The van der Waals surface area contributed by atoms with Crippen LogP contribution in [0.15, 0.2) is 41.1 Å². The van der Waals surface area contributed by atoms with E-state index in [0.29, 0.717) is 6.54 Å². The number of carbonyl (C=O) groups excluding carboxylic acids is 1. The highest BCUT2D eigenvalue weighted by atomic mass is 32.1. The number of rotatable bonds is 5. The molecule has 0 saturated heterocycles. The van der Waals surface area contributed by atoms with E-state index in [-0.39, 0.29) is 5.91 Å². The van der Waals surface area contributed by atoms with Crippen LogP contribution in [0.1, 0.15) is 27.2 Å². The van der Waals surface area contributed by atoms with Gasteiger partial charge in [0.15, 0.2) is 0 Å². The summed E-state index contributed by atoms with van der Waals surface area (Å²) in [5, 5.41) is 8.15. The number of carbonyl (C=O) groups is 1. The Bertz CT molecular complexity index is 786. The SMILES string of the molecule is Cc1cc(C)cc(C(=O)NCCc2csc(-c3cccs3)n2)c1. The van der Waals surface area contributed by atoms with Crippen molar-refractivity contribution in [3.05, 3.63) is 63.5 Å². The van der Waals surface area contributed by atoms with Crippen molar-refractivity contribution in [3.8, 4) is 9.88 Å². The molecule has 0 bridgehead atoms. The molecule has 0 aliphatic carbocycles. The largest absolute Gasteiger partial charge is 0.352 e. The molecular weight excluding hydrogens is 324 g/mol. The van der Waals surface area contributed by atoms with E-state index in [1.165, 1.54) is 4.88 Å². The summed E-state index contributed by atoms with van der Waals surface area (Å²) in [6.07, 6.45) is 0.748. The van der Waals surface area contributed by atoms with Crippen molar-refractivity contribution in [1.29, 1.82) is 0 Å². The van der Waals surface area contributed by atoms with Gasteiger partial charge in [0.2, 0.25) is 0 Å². The third-order valence-electron chi connectivity index (χ3n) is 3.43. The Balaban J connectivity index is 1.56. The van der Waals surface area contributed by atoms with Crippen LogP contribution in [0.25, 0.3) is 9.88 Å². The number of nitrogens with one attached hydrogen (secondary N) is 1. The molecule has 1 N–H and O–H groups in total. The lowest BCUT2D eigenvalue weighted by molar-refractivity contribution is 0.0954. The molecule has 0 aliphatic rings. The molecule has 1 amide bonds. The van der Waals surface area contributed by atoms with Crippen LogP contribution in [-0.4, -0.2) is 17.4 Å². The maximum atomic E-state index is 12.2. The number of thiophene rings is 1. The maximum absolute atomic E-state index is 12.2. The summed E-state index contributed by atoms with van der Waals surface area (Å²) in [5.41, 5.74) is 3.96. The molecule has 0 saturated carbocycles. The maximum Gasteiger partial charge on any atom is 0.251 e. The Morgan fingerprint density at radius 3 is 2.65 bits per heavy atom. The Kier molecular flexibility index (Phi) is 4.88. The van der Waals surface area contributed by atoms with Crippen LogP contribution in [0.5, 0.6) is 0 Å². The van der Waals surface area contributed by atoms with E-state index in [0.717, 1.165) is 33.8 Å². The molecule has 0 radical (unpaired) electrons. The lowest BCUT2D eigenvalue weighted by Crippen LogP contribution is -2.25. The van der Waals surface area contributed by atoms with Crippen LogP contribution in [0, 0.1) is 13.8 Å². The first kappa shape index (κ1) is 15.9. The predicted octanol–water partition coefficient (Wildman–Crippen LogP) is 4.46. The fourth-order valence-electron chi connectivity index (χ4n) is 2.45. The van der Waals surface area contributed by atoms with Gasteiger partial charge < -0.3 is 5.32 Å². The van der Waals surface area contributed by atoms with Gasteiger partial charge in [-0.1, -0.05) is 23.3 Å². The first-order valence-corrected chi connectivity index (χ1v) is 9.22. The second kappa shape index (κ2) is 7.06. The molecular formula is C18H18N2OS2. The minimum Gasteiger partial charge on any atom is -0.352 e. The van der Waals surface area contributed by atoms with Crippen LogP contribution >= 0.6 is 22.7 Å². The van der Waals surface area contributed by atoms with Gasteiger partial charge in [-0.25, -0.2) is 4.98 Å². The van der Waals surface area contributed by atoms with E-state index < -0.39 is 0 Å². The van der Waals surface area contributed by atoms with Crippen molar-refractivity contribution in [2.75, 3.05) is 6.54 Å². The van der Waals surface area contributed by atoms with Crippen molar-refractivity contribution in [2.45, 2.75) is 20.3 Å². The molecule has 0 atom stereocenters. The zero-order valence-electron chi connectivity index (χ0n) is 13.1. The van der Waals surface area contributed by atoms with E-state index >= 15 is 0 Å². The quantitative estimate of drug-likeness (QED) is 0.744. The average molecular weight is 342 g/mol. The fourth-order valence-corrected chi connectivity index (χ4v) is 4.12. The Morgan fingerprint density at radius 2 is 1.96 bits per heavy atom. The Labute approximate surface area is 144 Å². The highest BCUT2D eigenvalue weighted by Crippen LogP contribution is 2.27. The molecule has 2 heterocycles. The fraction of sp³-hybridized carbons (Fsp3) is 0.222. The van der Waals surface area contributed by atoms with Crippen LogP contribution in [-0.2, 0) is 6.42 Å². The molecule has 0 fully saturated rings. The molecule has 0 aliphatic heterocycles. The number of thiazole rings is 1. The number of aromatic nitrogens is 1. The number of aryl methyl sites for hydroxylation is 2. The second-order valence-electron chi connectivity index (χ2n) is 5.50. The monoisotopic (exact) mass is 342 g/mol. The minimum absolute atomic E-state index is 0.0227. The van der Waals surface area contributed by atoms with Crippen molar-refractivity contribution in [1.82, 2.24) is 10.3 Å². The van der Waals surface area contributed by atoms with Crippen LogP contribution in [0.4, 0.5) is 0 Å². The lowest BCUT2D eigenvalue weighted by Gasteiger charge is -2.06. The summed E-state index contributed by atoms with van der Waals surface area (Å²) >= 11 is 3.35. The van der Waals surface area contributed by atoms with E-state index in [4.69, 9.17) is 0 Å². The molecule has 118 valence electrons. The lowest BCUT2D eigenvalue weighted by atomic mass is 10.1. The molecule has 2 aromatic heterocycles. The van der Waals surface area contributed by atoms with Gasteiger partial charge in [-0.2, -0.15) is 0 Å². The normalized spacial score (nSPS) is 10.7. The molecule has 5 heteroatoms. The van der Waals surface area contributed by atoms with Gasteiger partial charge >= 0.3 is 0 Å². The van der Waals surface area contributed by atoms with Crippen LogP contribution < -0.4 is 5.32 Å². The van der Waals surface area contributed by atoms with Crippen molar-refractivity contribution in [2.24, 2.45) is 0 Å². The van der Waals surface area contributed by atoms with Crippen molar-refractivity contribution < 1.29 is 4.79 Å². The van der Waals surface area contributed by atoms with Gasteiger partial charge in [0, 0.05) is 23.9 Å². The first-order chi connectivity index (χ1) is 11.1. The van der Waals surface area contributed by atoms with Gasteiger partial charge in [-0.15, -0.1) is 22.7 Å². The van der Waals surface area contributed by atoms with Crippen LogP contribution in [0.3, 0.4) is 0 Å². The number of benzene rings is 1. The summed E-state index contributed by atoms with van der Waals surface area (Å²) < 4.78 is 0. The Morgan fingerprint density at radius 1 is 1.17 bits per heavy atom. The van der Waals surface area contributed by atoms with E-state index in [2.05, 4.69) is 33.2 Å². The number of amides is 1. The van der Waals surface area contributed by atoms with Gasteiger partial charge in [-0.3, -0.25) is 4.79 Å². The zero-order valence-corrected chi connectivity index (χ0v) is 14.8. The van der Waals surface area contributed by atoms with Gasteiger partial charge in [-0.05, 0) is 37.4 Å². The molecule has 3 nitrogen and oxygen atoms in total. The summed E-state index contributed by atoms with van der Waals surface area (Å²) in [5.74, 6) is -0.0227. The smallest absolute Gasteiger partial charge is 0.251 e. The van der Waals surface area contributed by atoms with Gasteiger partial charge in [0.1, 0.15) is 5.01 Å². The highest BCUT2D eigenvalue weighted by molar-refractivity contribution is 7.20. The summed E-state index contributed by atoms with van der Waals surface area (Å²) in [6, 6.07) is 10.0. The molecule has 0 spiro atoms. The number of nitrogens with zero attached hydrogens (tertiary/aromatic N) is 1. The molecule has 3 rings (SSSR count). The Hall–Kier alpha value is -1.98. The van der Waals surface area contributed by atoms with E-state index in [1.807, 2.05) is 32.0 Å². The topological polar surface area (TPSA) is 42.0 Å². The number of hydrogen-bond acceptors (Lipinski definition) is 4. The van der Waals surface area contributed by atoms with Crippen molar-refractivity contribution >= 4 is 28.6 Å². The van der Waals surface area contributed by atoms with E-state index in [1.54, 1.807) is 22.7 Å². The molecule has 3 aromatic rings. The third-order valence-corrected chi connectivity index (χ3v) is 5.36. The predicted molar refractivity (Wildman–Crippen MR) is 97.4 cm³/mol. The van der Waals surface area contributed by atoms with Crippen molar-refractivity contribution in [3.63, 3.8) is 0 Å². The minimum atomic E-state index is -0.0227. The zero-order chi connectivity index (χ0) is 16.2. The van der Waals surface area contributed by atoms with E-state index in [9.17, 15) is 4.79 Å². The highest BCUT2D eigenvalue weighted by Gasteiger charge is 2.08. The summed E-state index contributed by atoms with van der Waals surface area (Å²) in [7, 11) is 0. The summed E-state index contributed by atoms with van der Waals surface area (Å²) in [4.78, 5) is 18.0. The van der Waals surface area contributed by atoms with Gasteiger partial charge in [0.05, 0.1) is 10.6 Å². The third kappa shape index (κ3) is 4.06. The summed E-state index contributed by atoms with van der Waals surface area (Å²) in [6.45, 7) is 4.61. The van der Waals surface area contributed by atoms with Crippen LogP contribution in [0.2, 0.25) is 0 Å². The molecule has 1 aromatic carbocycles. The average Bonchev–Trinajstić information content (AvgIpc) is 3.17.